The van der Waals surface area contributed by atoms with Crippen LogP contribution < -0.4 is 0 Å². The van der Waals surface area contributed by atoms with E-state index in [1.54, 1.807) is 0 Å². The van der Waals surface area contributed by atoms with Crippen molar-refractivity contribution in [1.82, 2.24) is 0 Å². The van der Waals surface area contributed by atoms with Crippen molar-refractivity contribution in [3.05, 3.63) is 18.6 Å². The summed E-state index contributed by atoms with van der Waals surface area (Å²) in [4.78, 5) is 0. The molecule has 0 atom stereocenters. The lowest BCUT2D eigenvalue weighted by Gasteiger charge is -2.29. The van der Waals surface area contributed by atoms with E-state index in [4.69, 9.17) is 13.6 Å². The molecule has 0 aromatic heterocycles. The predicted molar refractivity (Wildman–Crippen MR) is 52.0 cm³/mol. The van der Waals surface area contributed by atoms with E-state index >= 15 is 0 Å². The maximum absolute atomic E-state index is 5.59. The smallest absolute Gasteiger partial charge is 0.398 e. The first-order valence-electron chi connectivity index (χ1n) is 4.08. The van der Waals surface area contributed by atoms with Crippen LogP contribution in [-0.4, -0.2) is 11.2 Å². The van der Waals surface area contributed by atoms with E-state index in [0.717, 1.165) is 0 Å². The van der Waals surface area contributed by atoms with Gasteiger partial charge in [0.15, 0.2) is 0 Å². The molecule has 0 unspecified atom stereocenters. The van der Waals surface area contributed by atoms with E-state index in [-0.39, 0.29) is 11.2 Å². The Morgan fingerprint density at radius 1 is 1.23 bits per heavy atom. The van der Waals surface area contributed by atoms with Gasteiger partial charge in [-0.15, -0.1) is 0 Å². The normalized spacial score (nSPS) is 25.2. The first-order chi connectivity index (χ1) is 5.89. The summed E-state index contributed by atoms with van der Waals surface area (Å²) in [7, 11) is -1.28. The average Bonchev–Trinajstić information content (AvgIpc) is 2.17. The van der Waals surface area contributed by atoms with Gasteiger partial charge in [-0.1, -0.05) is 12.3 Å². The molecular weight excluding hydrogens is 187 g/mol. The predicted octanol–water partition coefficient (Wildman–Crippen LogP) is 3.13. The molecule has 4 heteroatoms. The quantitative estimate of drug-likeness (QED) is 0.391. The summed E-state index contributed by atoms with van der Waals surface area (Å²) in [6, 6.07) is 0. The monoisotopic (exact) mass is 202 g/mol. The van der Waals surface area contributed by atoms with E-state index in [9.17, 15) is 0 Å². The molecule has 1 fully saturated rings. The van der Waals surface area contributed by atoms with Crippen LogP contribution in [0.4, 0.5) is 0 Å². The first kappa shape index (κ1) is 10.7. The fourth-order valence-electron chi connectivity index (χ4n) is 0.734. The molecule has 0 amide bonds. The number of hydrogen-bond acceptors (Lipinski definition) is 3. The highest BCUT2D eigenvalue weighted by atomic mass is 31.2. The fraction of sp³-hybridized carbons (Fsp3) is 0.667. The third kappa shape index (κ3) is 2.12. The van der Waals surface area contributed by atoms with Crippen molar-refractivity contribution in [1.29, 1.82) is 0 Å². The largest absolute Gasteiger partial charge is 0.426 e. The van der Waals surface area contributed by atoms with E-state index in [1.165, 1.54) is 6.26 Å². The molecule has 74 valence electrons. The van der Waals surface area contributed by atoms with Crippen LogP contribution in [0.25, 0.3) is 0 Å². The molecule has 0 aromatic carbocycles. The molecule has 1 aliphatic heterocycles. The van der Waals surface area contributed by atoms with Gasteiger partial charge in [0.1, 0.15) is 17.5 Å². The fourth-order valence-corrected chi connectivity index (χ4v) is 2.20. The van der Waals surface area contributed by atoms with E-state index < -0.39 is 8.60 Å². The lowest BCUT2D eigenvalue weighted by atomic mass is 9.90. The van der Waals surface area contributed by atoms with Crippen LogP contribution in [-0.2, 0) is 13.6 Å². The Kier molecular flexibility index (Phi) is 2.84. The standard InChI is InChI=1S/C9H15O3P/c1-6-7-10-13-11-8(2,3)9(4,5)12-13/h7H,1H2,2-5H3. The van der Waals surface area contributed by atoms with Gasteiger partial charge >= 0.3 is 8.60 Å². The maximum Gasteiger partial charge on any atom is 0.398 e. The minimum atomic E-state index is -1.28. The van der Waals surface area contributed by atoms with Crippen LogP contribution in [0, 0.1) is 0 Å². The van der Waals surface area contributed by atoms with Crippen LogP contribution in [0.3, 0.4) is 0 Å². The number of rotatable bonds is 2. The SMILES string of the molecule is C=C=COP1OC(C)(C)C(C)(C)O1. The van der Waals surface area contributed by atoms with Crippen molar-refractivity contribution >= 4 is 8.60 Å². The molecule has 0 aromatic rings. The Balaban J connectivity index is 2.65. The zero-order chi connectivity index (χ0) is 10.1. The first-order valence-corrected chi connectivity index (χ1v) is 5.18. The van der Waals surface area contributed by atoms with Gasteiger partial charge in [0, 0.05) is 0 Å². The number of hydrogen-bond donors (Lipinski definition) is 0. The molecule has 0 radical (unpaired) electrons. The van der Waals surface area contributed by atoms with E-state index in [2.05, 4.69) is 12.3 Å². The van der Waals surface area contributed by atoms with Crippen LogP contribution in [0.15, 0.2) is 18.6 Å². The summed E-state index contributed by atoms with van der Waals surface area (Å²) in [5.41, 5.74) is 1.86. The van der Waals surface area contributed by atoms with Crippen molar-refractivity contribution in [3.63, 3.8) is 0 Å². The maximum atomic E-state index is 5.59. The summed E-state index contributed by atoms with van der Waals surface area (Å²) >= 11 is 0. The van der Waals surface area contributed by atoms with E-state index in [0.29, 0.717) is 0 Å². The van der Waals surface area contributed by atoms with Crippen LogP contribution in [0.5, 0.6) is 0 Å². The third-order valence-corrected chi connectivity index (χ3v) is 3.77. The summed E-state index contributed by atoms with van der Waals surface area (Å²) in [5.74, 6) is 0. The van der Waals surface area contributed by atoms with Crippen molar-refractivity contribution in [2.75, 3.05) is 0 Å². The van der Waals surface area contributed by atoms with Gasteiger partial charge in [0.05, 0.1) is 0 Å². The Hall–Kier alpha value is -0.330. The zero-order valence-corrected chi connectivity index (χ0v) is 9.35. The van der Waals surface area contributed by atoms with Gasteiger partial charge in [0.2, 0.25) is 0 Å². The minimum absolute atomic E-state index is 0.326. The molecule has 1 heterocycles. The molecule has 13 heavy (non-hydrogen) atoms. The summed E-state index contributed by atoms with van der Waals surface area (Å²) in [5, 5.41) is 0. The van der Waals surface area contributed by atoms with Crippen molar-refractivity contribution < 1.29 is 13.6 Å². The Morgan fingerprint density at radius 2 is 1.69 bits per heavy atom. The second-order valence-electron chi connectivity index (χ2n) is 3.85. The zero-order valence-electron chi connectivity index (χ0n) is 8.46. The molecule has 1 aliphatic rings. The van der Waals surface area contributed by atoms with Crippen LogP contribution >= 0.6 is 8.60 Å². The summed E-state index contributed by atoms with van der Waals surface area (Å²) in [6.45, 7) is 11.3. The van der Waals surface area contributed by atoms with Crippen molar-refractivity contribution in [3.8, 4) is 0 Å². The Bertz CT molecular complexity index is 225. The second kappa shape index (κ2) is 3.43. The summed E-state index contributed by atoms with van der Waals surface area (Å²) < 4.78 is 16.3. The second-order valence-corrected chi connectivity index (χ2v) is 4.88. The molecule has 1 saturated heterocycles. The topological polar surface area (TPSA) is 27.7 Å². The van der Waals surface area contributed by atoms with Crippen LogP contribution in [0.2, 0.25) is 0 Å². The summed E-state index contributed by atoms with van der Waals surface area (Å²) in [6.07, 6.45) is 1.36. The van der Waals surface area contributed by atoms with Gasteiger partial charge in [0.25, 0.3) is 0 Å². The lowest BCUT2D eigenvalue weighted by Crippen LogP contribution is -2.41. The van der Waals surface area contributed by atoms with E-state index in [1.807, 2.05) is 27.7 Å². The molecule has 0 aliphatic carbocycles. The lowest BCUT2D eigenvalue weighted by molar-refractivity contribution is 0.00578. The van der Waals surface area contributed by atoms with Crippen molar-refractivity contribution in [2.24, 2.45) is 0 Å². The minimum Gasteiger partial charge on any atom is -0.426 e. The van der Waals surface area contributed by atoms with Gasteiger partial charge in [-0.2, -0.15) is 0 Å². The van der Waals surface area contributed by atoms with Gasteiger partial charge in [-0.05, 0) is 27.7 Å². The highest BCUT2D eigenvalue weighted by Gasteiger charge is 2.51. The molecule has 0 spiro atoms. The van der Waals surface area contributed by atoms with Gasteiger partial charge < -0.3 is 4.52 Å². The highest BCUT2D eigenvalue weighted by Crippen LogP contribution is 2.58. The molecule has 3 nitrogen and oxygen atoms in total. The molecular formula is C9H15O3P. The van der Waals surface area contributed by atoms with Crippen LogP contribution in [0.1, 0.15) is 27.7 Å². The Morgan fingerprint density at radius 3 is 2.08 bits per heavy atom. The highest BCUT2D eigenvalue weighted by molar-refractivity contribution is 7.42. The Labute approximate surface area is 80.4 Å². The van der Waals surface area contributed by atoms with Crippen molar-refractivity contribution in [2.45, 2.75) is 38.9 Å². The third-order valence-electron chi connectivity index (χ3n) is 2.28. The average molecular weight is 202 g/mol. The van der Waals surface area contributed by atoms with Gasteiger partial charge in [-0.3, -0.25) is 9.05 Å². The molecule has 0 bridgehead atoms. The molecule has 0 N–H and O–H groups in total. The van der Waals surface area contributed by atoms with Gasteiger partial charge in [-0.25, -0.2) is 0 Å². The molecule has 0 saturated carbocycles. The molecule has 1 rings (SSSR count).